The van der Waals surface area contributed by atoms with Gasteiger partial charge in [0.2, 0.25) is 5.91 Å². The number of carbonyl (C=O) groups excluding carboxylic acids is 2. The third-order valence-electron chi connectivity index (χ3n) is 4.80. The molecule has 1 unspecified atom stereocenters. The zero-order valence-corrected chi connectivity index (χ0v) is 17.3. The molecule has 2 amide bonds. The lowest BCUT2D eigenvalue weighted by Crippen LogP contribution is -2.58. The standard InChI is InChI=1S/C21H23ClN2O5/c1-14-21(26)24(16-10-18(27-2)12-19(11-16)28-3)9-8-23(14)20(25)13-29-17-6-4-15(22)5-7-17/h4-7,10-12,14H,8-9,13H2,1-3H3. The van der Waals surface area contributed by atoms with Crippen molar-refractivity contribution in [1.29, 1.82) is 0 Å². The number of benzene rings is 2. The van der Waals surface area contributed by atoms with Gasteiger partial charge in [-0.2, -0.15) is 0 Å². The van der Waals surface area contributed by atoms with Gasteiger partial charge in [0.25, 0.3) is 5.91 Å². The molecule has 0 spiro atoms. The average Bonchev–Trinajstić information content (AvgIpc) is 2.74. The fraction of sp³-hybridized carbons (Fsp3) is 0.333. The van der Waals surface area contributed by atoms with Crippen molar-refractivity contribution >= 4 is 29.1 Å². The summed E-state index contributed by atoms with van der Waals surface area (Å²) >= 11 is 5.84. The largest absolute Gasteiger partial charge is 0.497 e. The number of hydrogen-bond donors (Lipinski definition) is 0. The zero-order chi connectivity index (χ0) is 21.0. The zero-order valence-electron chi connectivity index (χ0n) is 16.6. The maximum atomic E-state index is 12.9. The Bertz CT molecular complexity index is 865. The number of piperazine rings is 1. The van der Waals surface area contributed by atoms with Crippen molar-refractivity contribution in [2.45, 2.75) is 13.0 Å². The summed E-state index contributed by atoms with van der Waals surface area (Å²) in [5.41, 5.74) is 0.669. The van der Waals surface area contributed by atoms with Crippen molar-refractivity contribution in [3.63, 3.8) is 0 Å². The first-order valence-corrected chi connectivity index (χ1v) is 9.53. The lowest BCUT2D eigenvalue weighted by atomic mass is 10.1. The number of hydrogen-bond acceptors (Lipinski definition) is 5. The summed E-state index contributed by atoms with van der Waals surface area (Å²) in [5.74, 6) is 1.31. The lowest BCUT2D eigenvalue weighted by molar-refractivity contribution is -0.142. The first-order chi connectivity index (χ1) is 13.9. The molecule has 8 heteroatoms. The van der Waals surface area contributed by atoms with E-state index in [1.54, 1.807) is 68.5 Å². The highest BCUT2D eigenvalue weighted by Gasteiger charge is 2.35. The van der Waals surface area contributed by atoms with Crippen molar-refractivity contribution in [2.24, 2.45) is 0 Å². The van der Waals surface area contributed by atoms with Gasteiger partial charge in [0.1, 0.15) is 23.3 Å². The van der Waals surface area contributed by atoms with Crippen molar-refractivity contribution < 1.29 is 23.8 Å². The molecular weight excluding hydrogens is 396 g/mol. The number of methoxy groups -OCH3 is 2. The van der Waals surface area contributed by atoms with E-state index in [1.165, 1.54) is 4.90 Å². The topological polar surface area (TPSA) is 68.3 Å². The van der Waals surface area contributed by atoms with Gasteiger partial charge < -0.3 is 24.0 Å². The summed E-state index contributed by atoms with van der Waals surface area (Å²) in [6, 6.07) is 11.4. The van der Waals surface area contributed by atoms with Crippen LogP contribution >= 0.6 is 11.6 Å². The van der Waals surface area contributed by atoms with Gasteiger partial charge in [-0.3, -0.25) is 9.59 Å². The van der Waals surface area contributed by atoms with Crippen molar-refractivity contribution in [2.75, 3.05) is 38.8 Å². The molecule has 2 aromatic carbocycles. The molecular formula is C21H23ClN2O5. The first-order valence-electron chi connectivity index (χ1n) is 9.15. The Morgan fingerprint density at radius 2 is 1.66 bits per heavy atom. The Labute approximate surface area is 174 Å². The van der Waals surface area contributed by atoms with Gasteiger partial charge in [0.05, 0.1) is 19.9 Å². The first kappa shape index (κ1) is 20.8. The van der Waals surface area contributed by atoms with E-state index in [-0.39, 0.29) is 18.4 Å². The Hall–Kier alpha value is -2.93. The van der Waals surface area contributed by atoms with Gasteiger partial charge in [0.15, 0.2) is 6.61 Å². The molecule has 3 rings (SSSR count). The van der Waals surface area contributed by atoms with Crippen molar-refractivity contribution in [3.8, 4) is 17.2 Å². The molecule has 1 aliphatic rings. The predicted octanol–water partition coefficient (Wildman–Crippen LogP) is 3.00. The van der Waals surface area contributed by atoms with Gasteiger partial charge in [-0.15, -0.1) is 0 Å². The van der Waals surface area contributed by atoms with Crippen molar-refractivity contribution in [3.05, 3.63) is 47.5 Å². The van der Waals surface area contributed by atoms with Gasteiger partial charge in [-0.1, -0.05) is 11.6 Å². The number of rotatable bonds is 6. The number of carbonyl (C=O) groups is 2. The van der Waals surface area contributed by atoms with Crippen LogP contribution in [0.1, 0.15) is 6.92 Å². The minimum atomic E-state index is -0.609. The molecule has 0 aliphatic carbocycles. The smallest absolute Gasteiger partial charge is 0.261 e. The summed E-state index contributed by atoms with van der Waals surface area (Å²) in [4.78, 5) is 28.7. The minimum Gasteiger partial charge on any atom is -0.497 e. The van der Waals surface area contributed by atoms with Crippen LogP contribution in [0.25, 0.3) is 0 Å². The number of nitrogens with zero attached hydrogens (tertiary/aromatic N) is 2. The van der Waals surface area contributed by atoms with E-state index in [1.807, 2.05) is 0 Å². The summed E-state index contributed by atoms with van der Waals surface area (Å²) in [6.07, 6.45) is 0. The third-order valence-corrected chi connectivity index (χ3v) is 5.05. The number of anilines is 1. The van der Waals surface area contributed by atoms with Gasteiger partial charge >= 0.3 is 0 Å². The average molecular weight is 419 g/mol. The molecule has 2 aromatic rings. The molecule has 0 radical (unpaired) electrons. The number of amides is 2. The second-order valence-electron chi connectivity index (χ2n) is 6.57. The van der Waals surface area contributed by atoms with Crippen LogP contribution in [0.4, 0.5) is 5.69 Å². The number of halogens is 1. The second-order valence-corrected chi connectivity index (χ2v) is 7.00. The fourth-order valence-corrected chi connectivity index (χ4v) is 3.30. The van der Waals surface area contributed by atoms with Crippen molar-refractivity contribution in [1.82, 2.24) is 4.90 Å². The SMILES string of the molecule is COc1cc(OC)cc(N2CCN(C(=O)COc3ccc(Cl)cc3)C(C)C2=O)c1. The van der Waals surface area contributed by atoms with E-state index in [2.05, 4.69) is 0 Å². The molecule has 0 saturated carbocycles. The van der Waals surface area contributed by atoms with Crippen LogP contribution in [0, 0.1) is 0 Å². The summed E-state index contributed by atoms with van der Waals surface area (Å²) in [5, 5.41) is 0.591. The maximum absolute atomic E-state index is 12.9. The second kappa shape index (κ2) is 9.05. The fourth-order valence-electron chi connectivity index (χ4n) is 3.17. The Morgan fingerprint density at radius 1 is 1.03 bits per heavy atom. The predicted molar refractivity (Wildman–Crippen MR) is 110 cm³/mol. The summed E-state index contributed by atoms with van der Waals surface area (Å²) in [7, 11) is 3.11. The van der Waals surface area contributed by atoms with E-state index in [9.17, 15) is 9.59 Å². The normalized spacial score (nSPS) is 16.6. The van der Waals surface area contributed by atoms with Crippen LogP contribution in [-0.2, 0) is 9.59 Å². The Kier molecular flexibility index (Phi) is 6.49. The van der Waals surface area contributed by atoms with E-state index in [0.717, 1.165) is 0 Å². The highest BCUT2D eigenvalue weighted by molar-refractivity contribution is 6.30. The van der Waals surface area contributed by atoms with Gasteiger partial charge in [0, 0.05) is 36.3 Å². The Morgan fingerprint density at radius 3 is 2.24 bits per heavy atom. The number of ether oxygens (including phenoxy) is 3. The van der Waals surface area contributed by atoms with Crippen LogP contribution in [-0.4, -0.2) is 56.7 Å². The molecule has 1 fully saturated rings. The van der Waals surface area contributed by atoms with Gasteiger partial charge in [-0.25, -0.2) is 0 Å². The monoisotopic (exact) mass is 418 g/mol. The third kappa shape index (κ3) is 4.74. The van der Waals surface area contributed by atoms with Crippen LogP contribution in [0.15, 0.2) is 42.5 Å². The quantitative estimate of drug-likeness (QED) is 0.721. The Balaban J connectivity index is 1.67. The minimum absolute atomic E-state index is 0.147. The summed E-state index contributed by atoms with van der Waals surface area (Å²) in [6.45, 7) is 2.33. The molecule has 1 saturated heterocycles. The summed E-state index contributed by atoms with van der Waals surface area (Å²) < 4.78 is 16.1. The maximum Gasteiger partial charge on any atom is 0.261 e. The molecule has 29 heavy (non-hydrogen) atoms. The molecule has 7 nitrogen and oxygen atoms in total. The molecule has 0 aromatic heterocycles. The van der Waals surface area contributed by atoms with E-state index < -0.39 is 6.04 Å². The van der Waals surface area contributed by atoms with Gasteiger partial charge in [-0.05, 0) is 31.2 Å². The molecule has 0 N–H and O–H groups in total. The highest BCUT2D eigenvalue weighted by atomic mass is 35.5. The molecule has 1 heterocycles. The molecule has 0 bridgehead atoms. The molecule has 154 valence electrons. The van der Waals surface area contributed by atoms with Crippen LogP contribution < -0.4 is 19.1 Å². The van der Waals surface area contributed by atoms with Crippen LogP contribution in [0.3, 0.4) is 0 Å². The molecule has 1 aliphatic heterocycles. The molecule has 1 atom stereocenters. The highest BCUT2D eigenvalue weighted by Crippen LogP contribution is 2.30. The van der Waals surface area contributed by atoms with E-state index >= 15 is 0 Å². The lowest BCUT2D eigenvalue weighted by Gasteiger charge is -2.39. The van der Waals surface area contributed by atoms with E-state index in [0.29, 0.717) is 41.0 Å². The van der Waals surface area contributed by atoms with Crippen LogP contribution in [0.5, 0.6) is 17.2 Å². The van der Waals surface area contributed by atoms with Crippen LogP contribution in [0.2, 0.25) is 5.02 Å². The van der Waals surface area contributed by atoms with E-state index in [4.69, 9.17) is 25.8 Å².